The van der Waals surface area contributed by atoms with Gasteiger partial charge < -0.3 is 9.47 Å². The van der Waals surface area contributed by atoms with Crippen molar-refractivity contribution in [2.45, 2.75) is 59.0 Å². The molecular formula is C40H37NO5. The van der Waals surface area contributed by atoms with Gasteiger partial charge in [-0.1, -0.05) is 114 Å². The van der Waals surface area contributed by atoms with Gasteiger partial charge in [0.15, 0.2) is 0 Å². The first-order chi connectivity index (χ1) is 21.8. The van der Waals surface area contributed by atoms with Gasteiger partial charge in [-0.15, -0.1) is 0 Å². The standard InChI is InChI=1S/C40H37NO5/c1-39(2,3)31-22-27(23-32(25-31)40(4,5)6)26-45-37-20-14-29-12-13-30(28-10-8-7-9-11-28)24-36(29)35(37)19-21-38(42)46-34-17-15-33(16-18-34)41(43)44/h7-18,20,22-25H,26H2,1-6H3. The zero-order valence-electron chi connectivity index (χ0n) is 27.0. The van der Waals surface area contributed by atoms with E-state index < -0.39 is 10.9 Å². The molecule has 0 heterocycles. The van der Waals surface area contributed by atoms with Crippen molar-refractivity contribution in [3.8, 4) is 34.5 Å². The average molecular weight is 612 g/mol. The molecule has 0 amide bonds. The van der Waals surface area contributed by atoms with Crippen LogP contribution < -0.4 is 9.47 Å². The van der Waals surface area contributed by atoms with Crippen LogP contribution in [0.1, 0.15) is 63.8 Å². The van der Waals surface area contributed by atoms with Crippen LogP contribution in [0.2, 0.25) is 0 Å². The fourth-order valence-electron chi connectivity index (χ4n) is 5.04. The van der Waals surface area contributed by atoms with Crippen LogP contribution in [0.25, 0.3) is 21.9 Å². The van der Waals surface area contributed by atoms with E-state index in [9.17, 15) is 14.9 Å². The fraction of sp³-hybridized carbons (Fsp3) is 0.225. The topological polar surface area (TPSA) is 78.7 Å². The fourth-order valence-corrected chi connectivity index (χ4v) is 5.04. The monoisotopic (exact) mass is 611 g/mol. The molecule has 0 saturated heterocycles. The van der Waals surface area contributed by atoms with Gasteiger partial charge in [-0.25, -0.2) is 4.79 Å². The molecule has 46 heavy (non-hydrogen) atoms. The molecule has 5 rings (SSSR count). The van der Waals surface area contributed by atoms with Crippen molar-refractivity contribution in [1.29, 1.82) is 0 Å². The number of ether oxygens (including phenoxy) is 2. The predicted octanol–water partition coefficient (Wildman–Crippen LogP) is 9.55. The van der Waals surface area contributed by atoms with Crippen molar-refractivity contribution in [2.75, 3.05) is 0 Å². The number of fused-ring (bicyclic) bond motifs is 1. The molecule has 0 atom stereocenters. The highest BCUT2D eigenvalue weighted by Crippen LogP contribution is 2.34. The second-order valence-electron chi connectivity index (χ2n) is 13.3. The summed E-state index contributed by atoms with van der Waals surface area (Å²) in [7, 11) is 0. The molecule has 0 aliphatic rings. The highest BCUT2D eigenvalue weighted by Gasteiger charge is 2.21. The molecule has 6 heteroatoms. The number of hydrogen-bond acceptors (Lipinski definition) is 5. The van der Waals surface area contributed by atoms with Crippen LogP contribution in [0.3, 0.4) is 0 Å². The molecule has 0 aromatic heterocycles. The van der Waals surface area contributed by atoms with Crippen LogP contribution >= 0.6 is 0 Å². The first-order valence-electron chi connectivity index (χ1n) is 15.2. The summed E-state index contributed by atoms with van der Waals surface area (Å²) >= 11 is 0. The summed E-state index contributed by atoms with van der Waals surface area (Å²) < 4.78 is 11.8. The minimum atomic E-state index is -0.788. The van der Waals surface area contributed by atoms with E-state index in [1.54, 1.807) is 0 Å². The average Bonchev–Trinajstić information content (AvgIpc) is 3.02. The number of nitrogens with zero attached hydrogens (tertiary/aromatic N) is 1. The molecule has 0 N–H and O–H groups in total. The first-order valence-corrected chi connectivity index (χ1v) is 15.2. The Bertz CT molecular complexity index is 1940. The minimum Gasteiger partial charge on any atom is -0.488 e. The maximum absolute atomic E-state index is 12.8. The van der Waals surface area contributed by atoms with E-state index in [2.05, 4.69) is 83.7 Å². The highest BCUT2D eigenvalue weighted by atomic mass is 16.6. The van der Waals surface area contributed by atoms with E-state index in [1.165, 1.54) is 35.4 Å². The van der Waals surface area contributed by atoms with Crippen LogP contribution in [0.4, 0.5) is 5.69 Å². The normalized spacial score (nSPS) is 11.4. The maximum Gasteiger partial charge on any atom is 0.390 e. The van der Waals surface area contributed by atoms with Crippen molar-refractivity contribution in [3.05, 3.63) is 135 Å². The molecule has 0 spiro atoms. The van der Waals surface area contributed by atoms with Crippen LogP contribution in [0.5, 0.6) is 11.5 Å². The summed E-state index contributed by atoms with van der Waals surface area (Å²) in [6.07, 6.45) is 0. The zero-order chi connectivity index (χ0) is 33.1. The highest BCUT2D eigenvalue weighted by molar-refractivity contribution is 5.97. The van der Waals surface area contributed by atoms with Gasteiger partial charge >= 0.3 is 5.97 Å². The Morgan fingerprint density at radius 2 is 1.39 bits per heavy atom. The third-order valence-corrected chi connectivity index (χ3v) is 7.76. The smallest absolute Gasteiger partial charge is 0.390 e. The second kappa shape index (κ2) is 12.9. The summed E-state index contributed by atoms with van der Waals surface area (Å²) in [6, 6.07) is 32.0. The number of hydrogen-bond donors (Lipinski definition) is 0. The van der Waals surface area contributed by atoms with Gasteiger partial charge in [0.05, 0.1) is 10.5 Å². The number of nitro groups is 1. The van der Waals surface area contributed by atoms with E-state index in [1.807, 2.05) is 48.5 Å². The molecule has 0 aliphatic heterocycles. The summed E-state index contributed by atoms with van der Waals surface area (Å²) in [5.41, 5.74) is 5.99. The van der Waals surface area contributed by atoms with Gasteiger partial charge in [0.25, 0.3) is 5.69 Å². The lowest BCUT2D eigenvalue weighted by Crippen LogP contribution is -2.17. The van der Waals surface area contributed by atoms with Gasteiger partial charge in [-0.05, 0) is 68.3 Å². The van der Waals surface area contributed by atoms with Crippen LogP contribution in [-0.2, 0) is 22.2 Å². The predicted molar refractivity (Wildman–Crippen MR) is 183 cm³/mol. The molecule has 0 saturated carbocycles. The molecule has 6 nitrogen and oxygen atoms in total. The van der Waals surface area contributed by atoms with E-state index >= 15 is 0 Å². The maximum atomic E-state index is 12.8. The molecule has 0 aliphatic carbocycles. The number of esters is 1. The van der Waals surface area contributed by atoms with Crippen LogP contribution in [-0.4, -0.2) is 10.9 Å². The number of non-ortho nitro benzene ring substituents is 1. The first kappa shape index (κ1) is 32.0. The molecule has 232 valence electrons. The number of benzene rings is 5. The lowest BCUT2D eigenvalue weighted by Gasteiger charge is -2.26. The van der Waals surface area contributed by atoms with E-state index in [4.69, 9.17) is 9.47 Å². The molecule has 0 fully saturated rings. The molecule has 0 bridgehead atoms. The Morgan fingerprint density at radius 3 is 2.00 bits per heavy atom. The number of rotatable bonds is 6. The summed E-state index contributed by atoms with van der Waals surface area (Å²) in [5.74, 6) is 5.57. The third-order valence-electron chi connectivity index (χ3n) is 7.76. The van der Waals surface area contributed by atoms with E-state index in [0.717, 1.165) is 27.5 Å². The lowest BCUT2D eigenvalue weighted by atomic mass is 9.79. The zero-order valence-corrected chi connectivity index (χ0v) is 27.0. The summed E-state index contributed by atoms with van der Waals surface area (Å²) in [6.45, 7) is 13.5. The van der Waals surface area contributed by atoms with Gasteiger partial charge in [-0.2, -0.15) is 0 Å². The van der Waals surface area contributed by atoms with Crippen LogP contribution in [0.15, 0.2) is 103 Å². The Balaban J connectivity index is 1.54. The SMILES string of the molecule is CC(C)(C)c1cc(COc2ccc3ccc(-c4ccccc4)cc3c2C#CC(=O)Oc2ccc([N+](=O)[O-])cc2)cc(C(C)(C)C)c1. The van der Waals surface area contributed by atoms with E-state index in [0.29, 0.717) is 17.9 Å². The lowest BCUT2D eigenvalue weighted by molar-refractivity contribution is -0.384. The van der Waals surface area contributed by atoms with Crippen molar-refractivity contribution in [3.63, 3.8) is 0 Å². The van der Waals surface area contributed by atoms with Gasteiger partial charge in [0.1, 0.15) is 18.1 Å². The quantitative estimate of drug-likeness (QED) is 0.0628. The third kappa shape index (κ3) is 7.62. The number of carbonyl (C=O) groups excluding carboxylic acids is 1. The van der Waals surface area contributed by atoms with Crippen molar-refractivity contribution < 1.29 is 19.2 Å². The van der Waals surface area contributed by atoms with Crippen LogP contribution in [0, 0.1) is 22.0 Å². The molecule has 0 unspecified atom stereocenters. The Labute approximate surface area is 270 Å². The Morgan fingerprint density at radius 1 is 0.761 bits per heavy atom. The number of carbonyl (C=O) groups is 1. The second-order valence-corrected chi connectivity index (χ2v) is 13.3. The Kier molecular flexibility index (Phi) is 8.98. The van der Waals surface area contributed by atoms with E-state index in [-0.39, 0.29) is 22.3 Å². The number of nitro benzene ring substituents is 1. The summed E-state index contributed by atoms with van der Waals surface area (Å²) in [4.78, 5) is 23.3. The van der Waals surface area contributed by atoms with Crippen molar-refractivity contribution in [2.24, 2.45) is 0 Å². The van der Waals surface area contributed by atoms with Crippen molar-refractivity contribution >= 4 is 22.4 Å². The molecule has 0 radical (unpaired) electrons. The Hall–Kier alpha value is -5.41. The van der Waals surface area contributed by atoms with Crippen molar-refractivity contribution in [1.82, 2.24) is 0 Å². The molecular weight excluding hydrogens is 574 g/mol. The van der Waals surface area contributed by atoms with Gasteiger partial charge in [0.2, 0.25) is 0 Å². The van der Waals surface area contributed by atoms with Gasteiger partial charge in [-0.3, -0.25) is 10.1 Å². The van der Waals surface area contributed by atoms with Gasteiger partial charge in [0, 0.05) is 23.4 Å². The minimum absolute atomic E-state index is 0.0343. The largest absolute Gasteiger partial charge is 0.488 e. The molecule has 5 aromatic carbocycles. The molecule has 5 aromatic rings. The summed E-state index contributed by atoms with van der Waals surface area (Å²) in [5, 5.41) is 12.8.